The van der Waals surface area contributed by atoms with Crippen LogP contribution in [0.3, 0.4) is 0 Å². The Balaban J connectivity index is 1.84. The molecular formula is C17H17ClN2O4S. The molecule has 0 atom stereocenters. The number of benzene rings is 2. The average Bonchev–Trinajstić information content (AvgIpc) is 3.33. The largest absolute Gasteiger partial charge is 0.384 e. The van der Waals surface area contributed by atoms with E-state index in [1.807, 2.05) is 24.3 Å². The number of rotatable bonds is 6. The van der Waals surface area contributed by atoms with E-state index in [1.54, 1.807) is 0 Å². The third kappa shape index (κ3) is 3.77. The van der Waals surface area contributed by atoms with Crippen LogP contribution in [-0.2, 0) is 15.3 Å². The van der Waals surface area contributed by atoms with Crippen molar-refractivity contribution in [3.05, 3.63) is 63.2 Å². The summed E-state index contributed by atoms with van der Waals surface area (Å²) >= 11 is 6.06. The molecule has 1 saturated carbocycles. The lowest BCUT2D eigenvalue weighted by molar-refractivity contribution is -0.387. The highest BCUT2D eigenvalue weighted by Crippen LogP contribution is 2.48. The first-order valence-corrected chi connectivity index (χ1v) is 9.97. The first-order valence-electron chi connectivity index (χ1n) is 7.70. The Morgan fingerprint density at radius 2 is 1.96 bits per heavy atom. The van der Waals surface area contributed by atoms with E-state index in [4.69, 9.17) is 11.6 Å². The Hall–Kier alpha value is -2.12. The van der Waals surface area contributed by atoms with Crippen molar-refractivity contribution in [3.63, 3.8) is 0 Å². The van der Waals surface area contributed by atoms with E-state index in [1.165, 1.54) is 18.2 Å². The van der Waals surface area contributed by atoms with E-state index in [2.05, 4.69) is 5.32 Å². The molecule has 0 spiro atoms. The maximum absolute atomic E-state index is 11.8. The van der Waals surface area contributed by atoms with Gasteiger partial charge in [-0.3, -0.25) is 10.1 Å². The van der Waals surface area contributed by atoms with Crippen LogP contribution >= 0.6 is 11.6 Å². The van der Waals surface area contributed by atoms with Crippen molar-refractivity contribution in [2.24, 2.45) is 0 Å². The van der Waals surface area contributed by atoms with Gasteiger partial charge >= 0.3 is 0 Å². The Labute approximate surface area is 150 Å². The van der Waals surface area contributed by atoms with Crippen LogP contribution in [-0.4, -0.2) is 26.1 Å². The molecule has 8 heteroatoms. The number of nitro benzene ring substituents is 1. The fourth-order valence-corrected chi connectivity index (χ4v) is 3.93. The molecule has 1 fully saturated rings. The molecule has 0 bridgehead atoms. The minimum atomic E-state index is -3.70. The Kier molecular flexibility index (Phi) is 4.47. The minimum absolute atomic E-state index is 0.0298. The van der Waals surface area contributed by atoms with Gasteiger partial charge < -0.3 is 5.32 Å². The first kappa shape index (κ1) is 17.7. The number of nitro groups is 1. The standard InChI is InChI=1S/C17H17ClN2O4S/c1-25(23,24)16-10-14(5-6-15(16)20(21)22)19-11-17(7-8-17)12-3-2-4-13(18)9-12/h2-6,9-10,19H,7-8,11H2,1H3. The van der Waals surface area contributed by atoms with Crippen molar-refractivity contribution in [2.75, 3.05) is 18.1 Å². The van der Waals surface area contributed by atoms with E-state index in [9.17, 15) is 18.5 Å². The van der Waals surface area contributed by atoms with Crippen molar-refractivity contribution in [2.45, 2.75) is 23.2 Å². The average molecular weight is 381 g/mol. The summed E-state index contributed by atoms with van der Waals surface area (Å²) in [5, 5.41) is 14.9. The summed E-state index contributed by atoms with van der Waals surface area (Å²) < 4.78 is 23.7. The van der Waals surface area contributed by atoms with Crippen molar-refractivity contribution >= 4 is 32.8 Å². The molecule has 3 rings (SSSR count). The second-order valence-corrected chi connectivity index (χ2v) is 8.78. The smallest absolute Gasteiger partial charge is 0.288 e. The van der Waals surface area contributed by atoms with Crippen LogP contribution in [0.25, 0.3) is 0 Å². The monoisotopic (exact) mass is 380 g/mol. The second-order valence-electron chi connectivity index (χ2n) is 6.36. The third-order valence-electron chi connectivity index (χ3n) is 4.48. The number of hydrogen-bond acceptors (Lipinski definition) is 5. The maximum Gasteiger partial charge on any atom is 0.288 e. The van der Waals surface area contributed by atoms with E-state index >= 15 is 0 Å². The number of nitrogens with zero attached hydrogens (tertiary/aromatic N) is 1. The Morgan fingerprint density at radius 1 is 1.24 bits per heavy atom. The summed E-state index contributed by atoms with van der Waals surface area (Å²) in [6.45, 7) is 0.606. The van der Waals surface area contributed by atoms with Crippen LogP contribution in [0.4, 0.5) is 11.4 Å². The predicted molar refractivity (Wildman–Crippen MR) is 97.1 cm³/mol. The predicted octanol–water partition coefficient (Wildman–Crippen LogP) is 3.80. The van der Waals surface area contributed by atoms with Crippen LogP contribution in [0.15, 0.2) is 47.4 Å². The molecule has 0 aromatic heterocycles. The molecular weight excluding hydrogens is 364 g/mol. The molecule has 1 N–H and O–H groups in total. The van der Waals surface area contributed by atoms with Gasteiger partial charge in [-0.1, -0.05) is 23.7 Å². The second kappa shape index (κ2) is 6.31. The van der Waals surface area contributed by atoms with E-state index in [0.717, 1.165) is 24.7 Å². The van der Waals surface area contributed by atoms with Crippen LogP contribution in [0.1, 0.15) is 18.4 Å². The van der Waals surface area contributed by atoms with Crippen LogP contribution < -0.4 is 5.32 Å². The summed E-state index contributed by atoms with van der Waals surface area (Å²) in [5.41, 5.74) is 1.24. The molecule has 0 saturated heterocycles. The van der Waals surface area contributed by atoms with Gasteiger partial charge in [0.05, 0.1) is 4.92 Å². The molecule has 0 aliphatic heterocycles. The van der Waals surface area contributed by atoms with E-state index in [-0.39, 0.29) is 10.3 Å². The van der Waals surface area contributed by atoms with Gasteiger partial charge in [0.15, 0.2) is 9.84 Å². The van der Waals surface area contributed by atoms with Crippen molar-refractivity contribution in [1.29, 1.82) is 0 Å². The summed E-state index contributed by atoms with van der Waals surface area (Å²) in [7, 11) is -3.70. The highest BCUT2D eigenvalue weighted by Gasteiger charge is 2.44. The van der Waals surface area contributed by atoms with Crippen LogP contribution in [0, 0.1) is 10.1 Å². The third-order valence-corrected chi connectivity index (χ3v) is 5.84. The number of sulfone groups is 1. The Bertz CT molecular complexity index is 939. The molecule has 0 amide bonds. The molecule has 2 aromatic rings. The number of hydrogen-bond donors (Lipinski definition) is 1. The van der Waals surface area contributed by atoms with Gasteiger partial charge in [0.2, 0.25) is 0 Å². The number of anilines is 1. The lowest BCUT2D eigenvalue weighted by atomic mass is 9.96. The summed E-state index contributed by atoms with van der Waals surface area (Å²) in [6.07, 6.45) is 2.98. The zero-order chi connectivity index (χ0) is 18.2. The maximum atomic E-state index is 11.8. The molecule has 0 heterocycles. The molecule has 132 valence electrons. The van der Waals surface area contributed by atoms with Gasteiger partial charge in [0, 0.05) is 35.0 Å². The van der Waals surface area contributed by atoms with E-state index in [0.29, 0.717) is 17.3 Å². The Morgan fingerprint density at radius 3 is 2.52 bits per heavy atom. The van der Waals surface area contributed by atoms with Crippen LogP contribution in [0.2, 0.25) is 5.02 Å². The summed E-state index contributed by atoms with van der Waals surface area (Å²) in [4.78, 5) is 10.1. The fourth-order valence-electron chi connectivity index (χ4n) is 2.88. The minimum Gasteiger partial charge on any atom is -0.384 e. The van der Waals surface area contributed by atoms with Gasteiger partial charge in [-0.2, -0.15) is 0 Å². The summed E-state index contributed by atoms with van der Waals surface area (Å²) in [6, 6.07) is 11.8. The quantitative estimate of drug-likeness (QED) is 0.608. The lowest BCUT2D eigenvalue weighted by Gasteiger charge is -2.18. The molecule has 1 aliphatic carbocycles. The molecule has 0 unspecified atom stereocenters. The van der Waals surface area contributed by atoms with Crippen molar-refractivity contribution < 1.29 is 13.3 Å². The molecule has 6 nitrogen and oxygen atoms in total. The van der Waals surface area contributed by atoms with E-state index < -0.39 is 20.4 Å². The van der Waals surface area contributed by atoms with Gasteiger partial charge in [-0.15, -0.1) is 0 Å². The number of halogens is 1. The topological polar surface area (TPSA) is 89.3 Å². The SMILES string of the molecule is CS(=O)(=O)c1cc(NCC2(c3cccc(Cl)c3)CC2)ccc1[N+](=O)[O-]. The lowest BCUT2D eigenvalue weighted by Crippen LogP contribution is -2.19. The normalized spacial score (nSPS) is 15.6. The molecule has 0 radical (unpaired) electrons. The highest BCUT2D eigenvalue weighted by molar-refractivity contribution is 7.90. The van der Waals surface area contributed by atoms with Crippen LogP contribution in [0.5, 0.6) is 0 Å². The molecule has 25 heavy (non-hydrogen) atoms. The number of nitrogens with one attached hydrogen (secondary N) is 1. The zero-order valence-corrected chi connectivity index (χ0v) is 15.1. The molecule has 1 aliphatic rings. The zero-order valence-electron chi connectivity index (χ0n) is 13.5. The molecule has 2 aromatic carbocycles. The van der Waals surface area contributed by atoms with Gasteiger partial charge in [-0.05, 0) is 42.7 Å². The highest BCUT2D eigenvalue weighted by atomic mass is 35.5. The summed E-state index contributed by atoms with van der Waals surface area (Å²) in [5.74, 6) is 0. The van der Waals surface area contributed by atoms with Crippen molar-refractivity contribution in [1.82, 2.24) is 0 Å². The fraction of sp³-hybridized carbons (Fsp3) is 0.294. The van der Waals surface area contributed by atoms with Gasteiger partial charge in [0.1, 0.15) is 4.90 Å². The first-order chi connectivity index (χ1) is 11.7. The van der Waals surface area contributed by atoms with Gasteiger partial charge in [-0.25, -0.2) is 8.42 Å². The van der Waals surface area contributed by atoms with Crippen molar-refractivity contribution in [3.8, 4) is 0 Å². The van der Waals surface area contributed by atoms with Gasteiger partial charge in [0.25, 0.3) is 5.69 Å².